The van der Waals surface area contributed by atoms with Crippen LogP contribution in [0, 0.1) is 21.7 Å². The Morgan fingerprint density at radius 1 is 0.871 bits per heavy atom. The Morgan fingerprint density at radius 2 is 1.35 bits per heavy atom. The van der Waals surface area contributed by atoms with Crippen molar-refractivity contribution >= 4 is 29.5 Å². The SMILES string of the molecule is CC(C)[Si](C#CN(c1ccccc1)S(=O)(=O)c1ccc([N+](=O)[O-])cc1)(C(C)C)C(C)C. The van der Waals surface area contributed by atoms with Gasteiger partial charge < -0.3 is 0 Å². The predicted octanol–water partition coefficient (Wildman–Crippen LogP) is 5.97. The fourth-order valence-corrected chi connectivity index (χ4v) is 10.8. The fourth-order valence-electron chi connectivity index (χ4n) is 4.25. The van der Waals surface area contributed by atoms with Crippen molar-refractivity contribution in [1.29, 1.82) is 0 Å². The molecule has 31 heavy (non-hydrogen) atoms. The zero-order valence-corrected chi connectivity index (χ0v) is 20.7. The van der Waals surface area contributed by atoms with Crippen LogP contribution in [0.15, 0.2) is 59.5 Å². The largest absolute Gasteiger partial charge is 0.275 e. The first-order valence-corrected chi connectivity index (χ1v) is 14.0. The smallest absolute Gasteiger partial charge is 0.258 e. The van der Waals surface area contributed by atoms with Crippen LogP contribution >= 0.6 is 0 Å². The predicted molar refractivity (Wildman–Crippen MR) is 128 cm³/mol. The summed E-state index contributed by atoms with van der Waals surface area (Å²) in [7, 11) is -6.22. The highest BCUT2D eigenvalue weighted by Crippen LogP contribution is 2.41. The van der Waals surface area contributed by atoms with Crippen LogP contribution in [0.25, 0.3) is 0 Å². The van der Waals surface area contributed by atoms with E-state index in [1.807, 2.05) is 6.07 Å². The molecule has 166 valence electrons. The van der Waals surface area contributed by atoms with E-state index in [0.29, 0.717) is 22.3 Å². The van der Waals surface area contributed by atoms with Crippen molar-refractivity contribution in [3.8, 4) is 11.6 Å². The molecule has 0 atom stereocenters. The second-order valence-corrected chi connectivity index (χ2v) is 15.9. The summed E-state index contributed by atoms with van der Waals surface area (Å²) in [4.78, 5) is 10.4. The van der Waals surface area contributed by atoms with E-state index in [0.717, 1.165) is 4.31 Å². The van der Waals surface area contributed by atoms with Gasteiger partial charge in [0.15, 0.2) is 0 Å². The van der Waals surface area contributed by atoms with Gasteiger partial charge in [-0.15, -0.1) is 5.54 Å². The Hall–Kier alpha value is -2.63. The number of nitro groups is 1. The van der Waals surface area contributed by atoms with E-state index in [4.69, 9.17) is 0 Å². The Labute approximate surface area is 186 Å². The lowest BCUT2D eigenvalue weighted by molar-refractivity contribution is -0.384. The molecule has 0 radical (unpaired) electrons. The Morgan fingerprint density at radius 3 is 1.77 bits per heavy atom. The van der Waals surface area contributed by atoms with E-state index in [1.165, 1.54) is 24.3 Å². The summed E-state index contributed by atoms with van der Waals surface area (Å²) in [5.74, 6) is 0. The van der Waals surface area contributed by atoms with E-state index < -0.39 is 23.0 Å². The maximum absolute atomic E-state index is 13.5. The highest BCUT2D eigenvalue weighted by atomic mass is 32.2. The monoisotopic (exact) mass is 458 g/mol. The molecule has 8 heteroatoms. The van der Waals surface area contributed by atoms with Gasteiger partial charge in [-0.3, -0.25) is 10.1 Å². The third-order valence-electron chi connectivity index (χ3n) is 5.82. The van der Waals surface area contributed by atoms with Crippen LogP contribution in [0.3, 0.4) is 0 Å². The van der Waals surface area contributed by atoms with Gasteiger partial charge in [-0.25, -0.2) is 8.42 Å². The standard InChI is InChI=1S/C23H30N2O4SSi/c1-18(2)31(19(3)4,20(5)6)17-16-24(21-10-8-7-9-11-21)30(28,29)23-14-12-22(13-15-23)25(26)27/h7-15,18-20H,1-6H3. The van der Waals surface area contributed by atoms with Crippen molar-refractivity contribution in [3.63, 3.8) is 0 Å². The lowest BCUT2D eigenvalue weighted by Gasteiger charge is -2.38. The van der Waals surface area contributed by atoms with Gasteiger partial charge in [0.2, 0.25) is 0 Å². The highest BCUT2D eigenvalue weighted by Gasteiger charge is 2.42. The average molecular weight is 459 g/mol. The van der Waals surface area contributed by atoms with Crippen LogP contribution in [0.1, 0.15) is 41.5 Å². The molecule has 0 unspecified atom stereocenters. The molecule has 6 nitrogen and oxygen atoms in total. The number of nitro benzene ring substituents is 1. The van der Waals surface area contributed by atoms with E-state index >= 15 is 0 Å². The van der Waals surface area contributed by atoms with Gasteiger partial charge in [0.25, 0.3) is 15.7 Å². The molecule has 0 saturated carbocycles. The van der Waals surface area contributed by atoms with Gasteiger partial charge in [0.05, 0.1) is 15.5 Å². The van der Waals surface area contributed by atoms with Crippen molar-refractivity contribution in [3.05, 3.63) is 64.7 Å². The molecular weight excluding hydrogens is 428 g/mol. The number of nitrogens with zero attached hydrogens (tertiary/aromatic N) is 2. The Kier molecular flexibility index (Phi) is 7.68. The van der Waals surface area contributed by atoms with Crippen LogP contribution in [0.5, 0.6) is 0 Å². The van der Waals surface area contributed by atoms with E-state index in [9.17, 15) is 18.5 Å². The van der Waals surface area contributed by atoms with Gasteiger partial charge in [0, 0.05) is 18.2 Å². The van der Waals surface area contributed by atoms with Gasteiger partial charge in [-0.2, -0.15) is 4.31 Å². The molecule has 2 aromatic carbocycles. The van der Waals surface area contributed by atoms with Crippen molar-refractivity contribution in [2.45, 2.75) is 63.1 Å². The summed E-state index contributed by atoms with van der Waals surface area (Å²) in [6.45, 7) is 13.0. The number of para-hydroxylation sites is 1. The maximum Gasteiger partial charge on any atom is 0.275 e. The number of hydrogen-bond acceptors (Lipinski definition) is 4. The van der Waals surface area contributed by atoms with Crippen molar-refractivity contribution in [1.82, 2.24) is 0 Å². The fraction of sp³-hybridized carbons (Fsp3) is 0.391. The molecule has 2 aromatic rings. The van der Waals surface area contributed by atoms with Crippen molar-refractivity contribution in [2.75, 3.05) is 4.31 Å². The number of non-ortho nitro benzene ring substituents is 1. The molecule has 0 heterocycles. The third kappa shape index (κ3) is 5.00. The number of hydrogen-bond donors (Lipinski definition) is 0. The minimum atomic E-state index is -4.04. The molecule has 0 aromatic heterocycles. The van der Waals surface area contributed by atoms with Gasteiger partial charge in [-0.05, 0) is 40.9 Å². The molecule has 0 aliphatic rings. The maximum atomic E-state index is 13.5. The second-order valence-electron chi connectivity index (χ2n) is 8.49. The minimum absolute atomic E-state index is 0.0397. The molecule has 2 rings (SSSR count). The zero-order valence-electron chi connectivity index (χ0n) is 18.9. The Balaban J connectivity index is 2.68. The molecule has 0 aliphatic heterocycles. The number of benzene rings is 2. The molecule has 0 N–H and O–H groups in total. The average Bonchev–Trinajstić information content (AvgIpc) is 2.71. The van der Waals surface area contributed by atoms with E-state index in [2.05, 4.69) is 53.1 Å². The van der Waals surface area contributed by atoms with E-state index in [-0.39, 0.29) is 10.6 Å². The Bertz CT molecular complexity index is 1050. The van der Waals surface area contributed by atoms with Crippen LogP contribution < -0.4 is 4.31 Å². The van der Waals surface area contributed by atoms with Crippen molar-refractivity contribution < 1.29 is 13.3 Å². The first-order valence-electron chi connectivity index (χ1n) is 10.3. The van der Waals surface area contributed by atoms with Crippen LogP contribution in [0.4, 0.5) is 11.4 Å². The van der Waals surface area contributed by atoms with Crippen LogP contribution in [0.2, 0.25) is 16.6 Å². The van der Waals surface area contributed by atoms with Crippen LogP contribution in [-0.2, 0) is 10.0 Å². The normalized spacial score (nSPS) is 12.0. The summed E-state index contributed by atoms with van der Waals surface area (Å²) in [6.07, 6.45) is 0. The summed E-state index contributed by atoms with van der Waals surface area (Å²) >= 11 is 0. The second kappa shape index (κ2) is 9.67. The molecule has 0 saturated heterocycles. The molecule has 0 fully saturated rings. The lowest BCUT2D eigenvalue weighted by Crippen LogP contribution is -2.44. The summed E-state index contributed by atoms with van der Waals surface area (Å²) in [6, 6.07) is 16.6. The van der Waals surface area contributed by atoms with Gasteiger partial charge in [-0.1, -0.05) is 59.7 Å². The van der Waals surface area contributed by atoms with Crippen LogP contribution in [-0.4, -0.2) is 21.4 Å². The first kappa shape index (κ1) is 24.6. The quantitative estimate of drug-likeness (QED) is 0.168. The molecular formula is C23H30N2O4SSi. The summed E-state index contributed by atoms with van der Waals surface area (Å²) in [5.41, 5.74) is 4.78. The van der Waals surface area contributed by atoms with Gasteiger partial charge >= 0.3 is 0 Å². The minimum Gasteiger partial charge on any atom is -0.258 e. The highest BCUT2D eigenvalue weighted by molar-refractivity contribution is 7.93. The third-order valence-corrected chi connectivity index (χ3v) is 13.7. The zero-order chi connectivity index (χ0) is 23.4. The molecule has 0 aliphatic carbocycles. The van der Waals surface area contributed by atoms with Gasteiger partial charge in [0.1, 0.15) is 8.07 Å². The number of sulfonamides is 1. The van der Waals surface area contributed by atoms with Crippen molar-refractivity contribution in [2.24, 2.45) is 0 Å². The summed E-state index contributed by atoms with van der Waals surface area (Å²) < 4.78 is 28.1. The summed E-state index contributed by atoms with van der Waals surface area (Å²) in [5, 5.41) is 10.9. The topological polar surface area (TPSA) is 80.5 Å². The molecule has 0 spiro atoms. The molecule has 0 bridgehead atoms. The lowest BCUT2D eigenvalue weighted by atomic mass is 10.3. The number of rotatable bonds is 7. The molecule has 0 amide bonds. The first-order chi connectivity index (χ1) is 14.4. The number of anilines is 1. The van der Waals surface area contributed by atoms with E-state index in [1.54, 1.807) is 24.3 Å².